The first-order valence-electron chi connectivity index (χ1n) is 8.16. The maximum atomic E-state index is 12.2. The van der Waals surface area contributed by atoms with E-state index in [0.29, 0.717) is 12.3 Å². The van der Waals surface area contributed by atoms with Gasteiger partial charge in [0.1, 0.15) is 0 Å². The minimum absolute atomic E-state index is 0.0286. The minimum atomic E-state index is -0.157. The van der Waals surface area contributed by atoms with Crippen molar-refractivity contribution in [1.82, 2.24) is 15.1 Å². The summed E-state index contributed by atoms with van der Waals surface area (Å²) in [7, 11) is 0. The highest BCUT2D eigenvalue weighted by Gasteiger charge is 2.15. The number of thiophene rings is 1. The summed E-state index contributed by atoms with van der Waals surface area (Å²) in [4.78, 5) is 12.2. The molecule has 0 radical (unpaired) electrons. The maximum absolute atomic E-state index is 12.2. The molecule has 26 heavy (non-hydrogen) atoms. The smallest absolute Gasteiger partial charge is 0.244 e. The van der Waals surface area contributed by atoms with E-state index in [-0.39, 0.29) is 18.7 Å². The lowest BCUT2D eigenvalue weighted by atomic mass is 10.1. The number of nitrogens with one attached hydrogen (secondary N) is 1. The number of amides is 1. The Balaban J connectivity index is 1.39. The molecule has 1 N–H and O–H groups in total. The fraction of sp³-hybridized carbons (Fsp3) is 0.158. The first kappa shape index (κ1) is 16.4. The van der Waals surface area contributed by atoms with Gasteiger partial charge in [0, 0.05) is 25.0 Å². The molecule has 3 aromatic rings. The molecular formula is C19H17N3O3S. The van der Waals surface area contributed by atoms with Gasteiger partial charge < -0.3 is 14.8 Å². The van der Waals surface area contributed by atoms with Crippen molar-refractivity contribution < 1.29 is 14.3 Å². The van der Waals surface area contributed by atoms with Crippen LogP contribution in [-0.4, -0.2) is 29.0 Å². The maximum Gasteiger partial charge on any atom is 0.244 e. The average Bonchev–Trinajstić information content (AvgIpc) is 3.41. The Bertz CT molecular complexity index is 870. The topological polar surface area (TPSA) is 65.4 Å². The number of carbonyl (C=O) groups excluding carboxylic acids is 1. The van der Waals surface area contributed by atoms with Gasteiger partial charge in [-0.3, -0.25) is 9.48 Å². The van der Waals surface area contributed by atoms with Crippen molar-refractivity contribution >= 4 is 23.3 Å². The van der Waals surface area contributed by atoms with Crippen molar-refractivity contribution in [3.8, 4) is 11.5 Å². The van der Waals surface area contributed by atoms with E-state index in [4.69, 9.17) is 9.47 Å². The Morgan fingerprint density at radius 3 is 3.08 bits per heavy atom. The number of rotatable bonds is 6. The lowest BCUT2D eigenvalue weighted by molar-refractivity contribution is -0.116. The van der Waals surface area contributed by atoms with Gasteiger partial charge in [-0.2, -0.15) is 16.4 Å². The van der Waals surface area contributed by atoms with E-state index in [1.165, 1.54) is 6.08 Å². The molecule has 132 valence electrons. The summed E-state index contributed by atoms with van der Waals surface area (Å²) >= 11 is 1.63. The molecule has 1 aliphatic heterocycles. The van der Waals surface area contributed by atoms with Gasteiger partial charge in [0.15, 0.2) is 11.5 Å². The second kappa shape index (κ2) is 7.45. The molecule has 1 aromatic carbocycles. The van der Waals surface area contributed by atoms with E-state index in [0.717, 1.165) is 16.9 Å². The molecular weight excluding hydrogens is 350 g/mol. The van der Waals surface area contributed by atoms with Gasteiger partial charge in [-0.05, 0) is 52.2 Å². The summed E-state index contributed by atoms with van der Waals surface area (Å²) in [5, 5.41) is 11.3. The van der Waals surface area contributed by atoms with Crippen molar-refractivity contribution in [3.63, 3.8) is 0 Å². The zero-order valence-corrected chi connectivity index (χ0v) is 14.7. The molecule has 0 fully saturated rings. The SMILES string of the molecule is O=C(/C=C/c1ccc2c(c1)OCO2)NC[C@H](c1ccsc1)n1cccn1. The van der Waals surface area contributed by atoms with Crippen molar-refractivity contribution in [2.75, 3.05) is 13.3 Å². The van der Waals surface area contributed by atoms with E-state index in [2.05, 4.69) is 15.8 Å². The van der Waals surface area contributed by atoms with Crippen molar-refractivity contribution in [1.29, 1.82) is 0 Å². The number of nitrogens with zero attached hydrogens (tertiary/aromatic N) is 2. The summed E-state index contributed by atoms with van der Waals surface area (Å²) < 4.78 is 12.5. The molecule has 0 aliphatic carbocycles. The van der Waals surface area contributed by atoms with Gasteiger partial charge in [0.25, 0.3) is 0 Å². The molecule has 2 aromatic heterocycles. The summed E-state index contributed by atoms with van der Waals surface area (Å²) in [5.74, 6) is 1.27. The van der Waals surface area contributed by atoms with Crippen LogP contribution in [0.5, 0.6) is 11.5 Å². The Hall–Kier alpha value is -3.06. The number of hydrogen-bond acceptors (Lipinski definition) is 5. The molecule has 1 amide bonds. The highest BCUT2D eigenvalue weighted by molar-refractivity contribution is 7.07. The van der Waals surface area contributed by atoms with Crippen LogP contribution in [0.15, 0.2) is 59.6 Å². The summed E-state index contributed by atoms with van der Waals surface area (Å²) in [6.45, 7) is 0.698. The third kappa shape index (κ3) is 3.62. The number of benzene rings is 1. The Labute approximate surface area is 154 Å². The van der Waals surface area contributed by atoms with Crippen molar-refractivity contribution in [2.24, 2.45) is 0 Å². The predicted molar refractivity (Wildman–Crippen MR) is 99.3 cm³/mol. The second-order valence-electron chi connectivity index (χ2n) is 5.75. The van der Waals surface area contributed by atoms with Gasteiger partial charge in [0.05, 0.1) is 6.04 Å². The number of carbonyl (C=O) groups is 1. The van der Waals surface area contributed by atoms with Crippen molar-refractivity contribution in [3.05, 3.63) is 70.7 Å². The number of aromatic nitrogens is 2. The largest absolute Gasteiger partial charge is 0.454 e. The lowest BCUT2D eigenvalue weighted by Crippen LogP contribution is -2.30. The van der Waals surface area contributed by atoms with Gasteiger partial charge in [-0.1, -0.05) is 6.07 Å². The molecule has 3 heterocycles. The van der Waals surface area contributed by atoms with E-state index in [1.807, 2.05) is 46.6 Å². The number of fused-ring (bicyclic) bond motifs is 1. The third-order valence-corrected chi connectivity index (χ3v) is 4.77. The number of hydrogen-bond donors (Lipinski definition) is 1. The van der Waals surface area contributed by atoms with E-state index in [9.17, 15) is 4.79 Å². The van der Waals surface area contributed by atoms with Crippen LogP contribution < -0.4 is 14.8 Å². The summed E-state index contributed by atoms with van der Waals surface area (Å²) in [5.41, 5.74) is 2.00. The van der Waals surface area contributed by atoms with Crippen LogP contribution in [-0.2, 0) is 4.79 Å². The van der Waals surface area contributed by atoms with Gasteiger partial charge in [-0.15, -0.1) is 0 Å². The first-order valence-corrected chi connectivity index (χ1v) is 9.11. The average molecular weight is 367 g/mol. The fourth-order valence-corrected chi connectivity index (χ4v) is 3.45. The molecule has 0 bridgehead atoms. The molecule has 0 saturated heterocycles. The van der Waals surface area contributed by atoms with Crippen molar-refractivity contribution in [2.45, 2.75) is 6.04 Å². The molecule has 7 heteroatoms. The number of ether oxygens (including phenoxy) is 2. The van der Waals surface area contributed by atoms with Crippen LogP contribution in [0.3, 0.4) is 0 Å². The zero-order valence-electron chi connectivity index (χ0n) is 13.9. The zero-order chi connectivity index (χ0) is 17.8. The van der Waals surface area contributed by atoms with E-state index in [1.54, 1.807) is 23.6 Å². The highest BCUT2D eigenvalue weighted by atomic mass is 32.1. The predicted octanol–water partition coefficient (Wildman–Crippen LogP) is 3.09. The molecule has 1 atom stereocenters. The minimum Gasteiger partial charge on any atom is -0.454 e. The lowest BCUT2D eigenvalue weighted by Gasteiger charge is -2.16. The Morgan fingerprint density at radius 1 is 1.35 bits per heavy atom. The van der Waals surface area contributed by atoms with Crippen LogP contribution in [0.4, 0.5) is 0 Å². The van der Waals surface area contributed by atoms with Crippen LogP contribution in [0.25, 0.3) is 6.08 Å². The normalized spacial score (nSPS) is 13.8. The van der Waals surface area contributed by atoms with Crippen LogP contribution >= 0.6 is 11.3 Å². The van der Waals surface area contributed by atoms with Crippen LogP contribution in [0.1, 0.15) is 17.2 Å². The Kier molecular flexibility index (Phi) is 4.70. The molecule has 4 rings (SSSR count). The Morgan fingerprint density at radius 2 is 2.27 bits per heavy atom. The standard InChI is InChI=1S/C19H17N3O3S/c23-19(5-3-14-2-4-17-18(10-14)25-13-24-17)20-11-16(15-6-9-26-12-15)22-8-1-7-21-22/h1-10,12,16H,11,13H2,(H,20,23)/b5-3+/t16-/m1/s1. The third-order valence-electron chi connectivity index (χ3n) is 4.07. The monoisotopic (exact) mass is 367 g/mol. The van der Waals surface area contributed by atoms with Gasteiger partial charge in [-0.25, -0.2) is 0 Å². The fourth-order valence-electron chi connectivity index (χ4n) is 2.74. The molecule has 0 spiro atoms. The quantitative estimate of drug-likeness (QED) is 0.680. The highest BCUT2D eigenvalue weighted by Crippen LogP contribution is 2.32. The first-order chi connectivity index (χ1) is 12.8. The molecule has 0 saturated carbocycles. The van der Waals surface area contributed by atoms with Crippen LogP contribution in [0, 0.1) is 0 Å². The summed E-state index contributed by atoms with van der Waals surface area (Å²) in [6, 6.07) is 9.47. The van der Waals surface area contributed by atoms with Gasteiger partial charge >= 0.3 is 0 Å². The molecule has 0 unspecified atom stereocenters. The van der Waals surface area contributed by atoms with Crippen LogP contribution in [0.2, 0.25) is 0 Å². The molecule has 1 aliphatic rings. The molecule has 6 nitrogen and oxygen atoms in total. The van der Waals surface area contributed by atoms with E-state index >= 15 is 0 Å². The second-order valence-corrected chi connectivity index (χ2v) is 6.53. The van der Waals surface area contributed by atoms with Gasteiger partial charge in [0.2, 0.25) is 12.7 Å². The van der Waals surface area contributed by atoms with E-state index < -0.39 is 0 Å². The summed E-state index contributed by atoms with van der Waals surface area (Å²) in [6.07, 6.45) is 6.91.